The Bertz CT molecular complexity index is 1150. The van der Waals surface area contributed by atoms with Crippen LogP contribution >= 0.6 is 23.2 Å². The normalized spacial score (nSPS) is 13.5. The van der Waals surface area contributed by atoms with E-state index >= 15 is 0 Å². The largest absolute Gasteiger partial charge is 0.323 e. The summed E-state index contributed by atoms with van der Waals surface area (Å²) in [6, 6.07) is 4.55. The summed E-state index contributed by atoms with van der Waals surface area (Å²) in [5.41, 5.74) is 1.39. The number of halogens is 2. The van der Waals surface area contributed by atoms with Gasteiger partial charge in [0, 0.05) is 11.4 Å². The number of aromatic nitrogens is 3. The molecular weight excluding hydrogens is 417 g/mol. The molecule has 1 aliphatic heterocycles. The van der Waals surface area contributed by atoms with Crippen LogP contribution in [0, 0.1) is 0 Å². The quantitative estimate of drug-likeness (QED) is 0.636. The first-order valence-corrected chi connectivity index (χ1v) is 9.50. The minimum absolute atomic E-state index is 0.126. The number of rotatable bonds is 4. The van der Waals surface area contributed by atoms with Gasteiger partial charge in [0.15, 0.2) is 5.65 Å². The summed E-state index contributed by atoms with van der Waals surface area (Å²) in [6.45, 7) is 3.55. The fraction of sp³-hybridized carbons (Fsp3) is 0.211. The van der Waals surface area contributed by atoms with E-state index in [9.17, 15) is 14.4 Å². The molecule has 2 aromatic heterocycles. The first-order valence-electron chi connectivity index (χ1n) is 8.74. The van der Waals surface area contributed by atoms with E-state index in [0.717, 1.165) is 10.3 Å². The van der Waals surface area contributed by atoms with Crippen molar-refractivity contribution in [2.45, 2.75) is 19.9 Å². The average Bonchev–Trinajstić information content (AvgIpc) is 3.18. The molecule has 0 unspecified atom stereocenters. The number of carbonyl (C=O) groups is 3. The molecular formula is C19H15Cl2N5O3. The van der Waals surface area contributed by atoms with Gasteiger partial charge in [0.25, 0.3) is 11.8 Å². The van der Waals surface area contributed by atoms with Gasteiger partial charge in [-0.1, -0.05) is 23.2 Å². The summed E-state index contributed by atoms with van der Waals surface area (Å²) >= 11 is 11.9. The zero-order chi connectivity index (χ0) is 20.9. The molecule has 3 amide bonds. The monoisotopic (exact) mass is 431 g/mol. The smallest absolute Gasteiger partial charge is 0.262 e. The van der Waals surface area contributed by atoms with Crippen LogP contribution < -0.4 is 5.32 Å². The molecule has 0 saturated heterocycles. The number of pyridine rings is 1. The van der Waals surface area contributed by atoms with Crippen LogP contribution in [0.1, 0.15) is 40.6 Å². The first-order chi connectivity index (χ1) is 13.8. The fourth-order valence-corrected chi connectivity index (χ4v) is 3.49. The van der Waals surface area contributed by atoms with E-state index < -0.39 is 24.3 Å². The number of benzene rings is 1. The highest BCUT2D eigenvalue weighted by Gasteiger charge is 2.37. The number of hydrogen-bond donors (Lipinski definition) is 1. The van der Waals surface area contributed by atoms with E-state index in [2.05, 4.69) is 15.4 Å². The molecule has 3 aromatic rings. The maximum Gasteiger partial charge on any atom is 0.262 e. The molecule has 4 rings (SSSR count). The summed E-state index contributed by atoms with van der Waals surface area (Å²) < 4.78 is 1.77. The molecule has 0 fully saturated rings. The van der Waals surface area contributed by atoms with Gasteiger partial charge in [-0.3, -0.25) is 19.3 Å². The van der Waals surface area contributed by atoms with Crippen LogP contribution in [0.4, 0.5) is 5.69 Å². The van der Waals surface area contributed by atoms with Crippen molar-refractivity contribution in [3.05, 3.63) is 51.8 Å². The number of carbonyl (C=O) groups excluding carboxylic acids is 3. The lowest BCUT2D eigenvalue weighted by Gasteiger charge is -2.13. The first kappa shape index (κ1) is 19.4. The number of imide groups is 1. The highest BCUT2D eigenvalue weighted by atomic mass is 35.5. The van der Waals surface area contributed by atoms with Crippen LogP contribution in [0.2, 0.25) is 10.0 Å². The van der Waals surface area contributed by atoms with Crippen LogP contribution in [0.15, 0.2) is 30.6 Å². The third kappa shape index (κ3) is 3.34. The van der Waals surface area contributed by atoms with Crippen molar-refractivity contribution in [1.29, 1.82) is 0 Å². The molecule has 0 atom stereocenters. The second-order valence-corrected chi connectivity index (χ2v) is 7.69. The fourth-order valence-electron chi connectivity index (χ4n) is 3.16. The van der Waals surface area contributed by atoms with Crippen LogP contribution in [0.25, 0.3) is 11.0 Å². The van der Waals surface area contributed by atoms with E-state index in [0.29, 0.717) is 11.3 Å². The van der Waals surface area contributed by atoms with Gasteiger partial charge in [-0.15, -0.1) is 0 Å². The Labute approximate surface area is 175 Å². The van der Waals surface area contributed by atoms with Crippen molar-refractivity contribution >= 4 is 57.6 Å². The van der Waals surface area contributed by atoms with Crippen LogP contribution in [0.3, 0.4) is 0 Å². The predicted octanol–water partition coefficient (Wildman–Crippen LogP) is 3.55. The van der Waals surface area contributed by atoms with E-state index in [1.807, 2.05) is 13.8 Å². The third-order valence-corrected chi connectivity index (χ3v) is 5.24. The Morgan fingerprint density at radius 3 is 2.28 bits per heavy atom. The highest BCUT2D eigenvalue weighted by molar-refractivity contribution is 6.43. The van der Waals surface area contributed by atoms with Crippen LogP contribution in [0.5, 0.6) is 0 Å². The molecule has 0 aliphatic carbocycles. The zero-order valence-corrected chi connectivity index (χ0v) is 17.0. The van der Waals surface area contributed by atoms with E-state index in [1.54, 1.807) is 16.9 Å². The zero-order valence-electron chi connectivity index (χ0n) is 15.4. The van der Waals surface area contributed by atoms with Gasteiger partial charge in [0.05, 0.1) is 39.3 Å². The summed E-state index contributed by atoms with van der Waals surface area (Å²) in [5, 5.41) is 8.03. The standard InChI is InChI=1S/C19H15Cl2N5O3/c1-9(2)26-17-10(6-23-26)3-11(7-22-17)24-16(27)8-25-18(28)12-4-14(20)15(21)5-13(12)19(25)29/h3-7,9H,8H2,1-2H3,(H,24,27). The van der Waals surface area contributed by atoms with Gasteiger partial charge in [-0.25, -0.2) is 9.67 Å². The SMILES string of the molecule is CC(C)n1ncc2cc(NC(=O)CN3C(=O)c4cc(Cl)c(Cl)cc4C3=O)cnc21. The molecule has 8 nitrogen and oxygen atoms in total. The second-order valence-electron chi connectivity index (χ2n) is 6.88. The van der Waals surface area contributed by atoms with E-state index in [4.69, 9.17) is 23.2 Å². The van der Waals surface area contributed by atoms with Gasteiger partial charge >= 0.3 is 0 Å². The molecule has 3 heterocycles. The Balaban J connectivity index is 1.51. The molecule has 148 valence electrons. The Morgan fingerprint density at radius 1 is 1.07 bits per heavy atom. The van der Waals surface area contributed by atoms with Crippen molar-refractivity contribution in [3.8, 4) is 0 Å². The summed E-state index contributed by atoms with van der Waals surface area (Å²) in [7, 11) is 0. The Kier molecular flexibility index (Phi) is 4.76. The van der Waals surface area contributed by atoms with E-state index in [-0.39, 0.29) is 27.2 Å². The van der Waals surface area contributed by atoms with Crippen LogP contribution in [-0.2, 0) is 4.79 Å². The molecule has 0 radical (unpaired) electrons. The molecule has 1 aromatic carbocycles. The minimum atomic E-state index is -0.592. The van der Waals surface area contributed by atoms with Gasteiger partial charge in [0.1, 0.15) is 6.54 Å². The van der Waals surface area contributed by atoms with Crippen molar-refractivity contribution < 1.29 is 14.4 Å². The summed E-state index contributed by atoms with van der Waals surface area (Å²) in [4.78, 5) is 42.6. The number of nitrogens with zero attached hydrogens (tertiary/aromatic N) is 4. The number of hydrogen-bond acceptors (Lipinski definition) is 5. The summed E-state index contributed by atoms with van der Waals surface area (Å²) in [6.07, 6.45) is 3.17. The number of anilines is 1. The van der Waals surface area contributed by atoms with Gasteiger partial charge in [0.2, 0.25) is 5.91 Å². The minimum Gasteiger partial charge on any atom is -0.323 e. The van der Waals surface area contributed by atoms with Crippen molar-refractivity contribution in [2.24, 2.45) is 0 Å². The number of fused-ring (bicyclic) bond motifs is 2. The molecule has 0 bridgehead atoms. The highest BCUT2D eigenvalue weighted by Crippen LogP contribution is 2.31. The maximum atomic E-state index is 12.5. The predicted molar refractivity (Wildman–Crippen MR) is 108 cm³/mol. The second kappa shape index (κ2) is 7.13. The average molecular weight is 432 g/mol. The van der Waals surface area contributed by atoms with Crippen LogP contribution in [-0.4, -0.2) is 43.9 Å². The van der Waals surface area contributed by atoms with Crippen molar-refractivity contribution in [2.75, 3.05) is 11.9 Å². The number of nitrogens with one attached hydrogen (secondary N) is 1. The molecule has 10 heteroatoms. The maximum absolute atomic E-state index is 12.5. The van der Waals surface area contributed by atoms with E-state index in [1.165, 1.54) is 18.3 Å². The van der Waals surface area contributed by atoms with Crippen molar-refractivity contribution in [3.63, 3.8) is 0 Å². The lowest BCUT2D eigenvalue weighted by molar-refractivity contribution is -0.116. The van der Waals surface area contributed by atoms with Gasteiger partial charge < -0.3 is 5.32 Å². The van der Waals surface area contributed by atoms with Gasteiger partial charge in [-0.05, 0) is 32.0 Å². The Morgan fingerprint density at radius 2 is 1.69 bits per heavy atom. The lowest BCUT2D eigenvalue weighted by Crippen LogP contribution is -2.37. The molecule has 1 aliphatic rings. The molecule has 0 spiro atoms. The van der Waals surface area contributed by atoms with Gasteiger partial charge in [-0.2, -0.15) is 5.10 Å². The Hall–Kier alpha value is -2.97. The topological polar surface area (TPSA) is 97.2 Å². The lowest BCUT2D eigenvalue weighted by atomic mass is 10.1. The molecule has 0 saturated carbocycles. The van der Waals surface area contributed by atoms with Crippen molar-refractivity contribution in [1.82, 2.24) is 19.7 Å². The summed E-state index contributed by atoms with van der Waals surface area (Å²) in [5.74, 6) is -1.72. The number of amides is 3. The third-order valence-electron chi connectivity index (χ3n) is 4.52. The molecule has 29 heavy (non-hydrogen) atoms. The molecule has 1 N–H and O–H groups in total.